The van der Waals surface area contributed by atoms with Crippen molar-refractivity contribution in [3.05, 3.63) is 307 Å². The maximum absolute atomic E-state index is 6.48. The van der Waals surface area contributed by atoms with E-state index < -0.39 is 0 Å². The molecule has 6 heterocycles. The number of benzene rings is 12. The predicted molar refractivity (Wildman–Crippen MR) is 394 cm³/mol. The molecule has 0 radical (unpaired) electrons. The summed E-state index contributed by atoms with van der Waals surface area (Å²) in [5.74, 6) is 0. The van der Waals surface area contributed by atoms with Crippen molar-refractivity contribution >= 4 is 98.1 Å². The molecule has 0 aliphatic carbocycles. The molecule has 95 heavy (non-hydrogen) atoms. The first-order chi connectivity index (χ1) is 46.4. The predicted octanol–water partition coefficient (Wildman–Crippen LogP) is 22.2. The Hall–Kier alpha value is -11.7. The molecular formula is C89H70N3O3+3. The minimum absolute atomic E-state index is 0.928. The molecular weight excluding hydrogens is 1160 g/mol. The fourth-order valence-electron chi connectivity index (χ4n) is 14.4. The molecule has 456 valence electrons. The van der Waals surface area contributed by atoms with Gasteiger partial charge in [-0.05, 0) is 161 Å². The number of aromatic nitrogens is 3. The van der Waals surface area contributed by atoms with Crippen LogP contribution in [0.5, 0.6) is 0 Å². The summed E-state index contributed by atoms with van der Waals surface area (Å²) in [5.41, 5.74) is 26.4. The first kappa shape index (κ1) is 58.4. The van der Waals surface area contributed by atoms with Crippen molar-refractivity contribution in [2.45, 2.75) is 34.6 Å². The number of hydrogen-bond donors (Lipinski definition) is 0. The molecule has 18 aromatic rings. The highest BCUT2D eigenvalue weighted by Crippen LogP contribution is 2.42. The van der Waals surface area contributed by atoms with E-state index in [1.807, 2.05) is 0 Å². The molecule has 18 rings (SSSR count). The molecule has 0 bridgehead atoms. The van der Waals surface area contributed by atoms with Crippen molar-refractivity contribution in [1.29, 1.82) is 0 Å². The molecule has 0 N–H and O–H groups in total. The SMILES string of the molecule is Cc1c[n+](C)c(-c2cc3oc4c5ccccc5ccc4c3cc2C)cc1-c1ccccc1.Cc1cc2c(cc1-c1cc(-c3ccccc3)cc[n+]1C)oc1c3ccccc3c(C)cc21.Cc1cc2c(cc1-c1cc(-c3ccccc3)cc[n+]1C)oc1c3ccccc3ccc21. The number of furan rings is 3. The van der Waals surface area contributed by atoms with E-state index in [1.165, 1.54) is 149 Å². The second-order valence-electron chi connectivity index (χ2n) is 25.5. The Morgan fingerprint density at radius 1 is 0.232 bits per heavy atom. The Morgan fingerprint density at radius 3 is 1.05 bits per heavy atom. The lowest BCUT2D eigenvalue weighted by Crippen LogP contribution is -2.31. The van der Waals surface area contributed by atoms with Gasteiger partial charge in [0.2, 0.25) is 17.1 Å². The molecule has 6 aromatic heterocycles. The summed E-state index contributed by atoms with van der Waals surface area (Å²) in [5, 5.41) is 14.2. The first-order valence-corrected chi connectivity index (χ1v) is 32.6. The molecule has 0 spiro atoms. The Balaban J connectivity index is 0.000000112. The second-order valence-corrected chi connectivity index (χ2v) is 25.5. The third-order valence-corrected chi connectivity index (χ3v) is 19.3. The van der Waals surface area contributed by atoms with Gasteiger partial charge >= 0.3 is 0 Å². The molecule has 0 aliphatic heterocycles. The lowest BCUT2D eigenvalue weighted by Gasteiger charge is -2.10. The molecule has 0 atom stereocenters. The third-order valence-electron chi connectivity index (χ3n) is 19.3. The van der Waals surface area contributed by atoms with Crippen LogP contribution in [-0.2, 0) is 21.1 Å². The van der Waals surface area contributed by atoms with Crippen LogP contribution in [0.15, 0.2) is 293 Å². The highest BCUT2D eigenvalue weighted by atomic mass is 16.3. The van der Waals surface area contributed by atoms with Gasteiger partial charge in [-0.25, -0.2) is 13.7 Å². The van der Waals surface area contributed by atoms with E-state index >= 15 is 0 Å². The van der Waals surface area contributed by atoms with Gasteiger partial charge < -0.3 is 13.3 Å². The van der Waals surface area contributed by atoms with Gasteiger partial charge in [0, 0.05) is 84.4 Å². The van der Waals surface area contributed by atoms with Crippen LogP contribution in [0, 0.1) is 34.6 Å². The largest absolute Gasteiger partial charge is 0.455 e. The summed E-state index contributed by atoms with van der Waals surface area (Å²) >= 11 is 0. The van der Waals surface area contributed by atoms with Crippen molar-refractivity contribution in [2.75, 3.05) is 0 Å². The maximum atomic E-state index is 6.48. The topological polar surface area (TPSA) is 51.1 Å². The van der Waals surface area contributed by atoms with Crippen LogP contribution in [0.4, 0.5) is 0 Å². The fraction of sp³-hybridized carbons (Fsp3) is 0.0899. The standard InChI is InChI=1S/2C30H24NO.C29H22NO/c1-19-16-27-26-15-20(2)25(18-29(26)32-30(27)24-12-8-7-11-23(19)24)28-17-22(13-14-31(28)3)21-9-5-4-6-10-21;1-19-15-27-24-14-13-22-11-7-8-12-23(22)30(24)32-29(27)17-26(19)28-16-25(20(2)18-31(28)3)21-9-5-4-6-10-21;1-19-16-26-24-13-12-21-10-6-7-11-23(21)29(24)31-28(26)18-25(19)27-17-22(14-15-30(27)2)20-8-4-3-5-9-20/h2*4-18H,1-3H3;3-18H,1-2H3/q3*+1. The van der Waals surface area contributed by atoms with E-state index in [-0.39, 0.29) is 0 Å². The summed E-state index contributed by atoms with van der Waals surface area (Å²) in [4.78, 5) is 0. The Kier molecular flexibility index (Phi) is 14.6. The van der Waals surface area contributed by atoms with Crippen molar-refractivity contribution < 1.29 is 27.0 Å². The number of aryl methyl sites for hydroxylation is 8. The maximum Gasteiger partial charge on any atom is 0.213 e. The highest BCUT2D eigenvalue weighted by molar-refractivity contribution is 6.18. The van der Waals surface area contributed by atoms with Crippen LogP contribution in [0.1, 0.15) is 27.8 Å². The lowest BCUT2D eigenvalue weighted by molar-refractivity contribution is -0.660. The van der Waals surface area contributed by atoms with E-state index in [9.17, 15) is 0 Å². The third kappa shape index (κ3) is 10.4. The van der Waals surface area contributed by atoms with Gasteiger partial charge in [0.05, 0.1) is 16.7 Å². The van der Waals surface area contributed by atoms with E-state index in [2.05, 4.69) is 349 Å². The zero-order valence-electron chi connectivity index (χ0n) is 54.6. The van der Waals surface area contributed by atoms with Gasteiger partial charge in [0.25, 0.3) is 0 Å². The smallest absolute Gasteiger partial charge is 0.213 e. The van der Waals surface area contributed by atoms with Crippen LogP contribution in [0.3, 0.4) is 0 Å². The van der Waals surface area contributed by atoms with Gasteiger partial charge in [-0.15, -0.1) is 0 Å². The monoisotopic (exact) mass is 1230 g/mol. The van der Waals surface area contributed by atoms with E-state index in [4.69, 9.17) is 13.3 Å². The van der Waals surface area contributed by atoms with Gasteiger partial charge in [-0.3, -0.25) is 0 Å². The van der Waals surface area contributed by atoms with E-state index in [0.29, 0.717) is 0 Å². The van der Waals surface area contributed by atoms with Crippen LogP contribution >= 0.6 is 0 Å². The van der Waals surface area contributed by atoms with Crippen LogP contribution < -0.4 is 13.7 Å². The van der Waals surface area contributed by atoms with E-state index in [0.717, 1.165) is 44.3 Å². The minimum atomic E-state index is 0.928. The number of rotatable bonds is 6. The zero-order valence-corrected chi connectivity index (χ0v) is 54.6. The normalized spacial score (nSPS) is 11.6. The van der Waals surface area contributed by atoms with Crippen molar-refractivity contribution in [3.63, 3.8) is 0 Å². The molecule has 6 nitrogen and oxygen atoms in total. The molecule has 0 fully saturated rings. The number of pyridine rings is 3. The van der Waals surface area contributed by atoms with Gasteiger partial charge in [0.1, 0.15) is 54.6 Å². The zero-order chi connectivity index (χ0) is 64.6. The minimum Gasteiger partial charge on any atom is -0.455 e. The number of fused-ring (bicyclic) bond motifs is 15. The van der Waals surface area contributed by atoms with Gasteiger partial charge in [0.15, 0.2) is 18.6 Å². The molecule has 0 saturated heterocycles. The van der Waals surface area contributed by atoms with E-state index in [1.54, 1.807) is 0 Å². The average molecular weight is 1230 g/mol. The molecule has 0 amide bonds. The van der Waals surface area contributed by atoms with Crippen molar-refractivity contribution in [3.8, 4) is 67.2 Å². The van der Waals surface area contributed by atoms with Crippen molar-refractivity contribution in [2.24, 2.45) is 21.1 Å². The van der Waals surface area contributed by atoms with Crippen molar-refractivity contribution in [1.82, 2.24) is 0 Å². The summed E-state index contributed by atoms with van der Waals surface area (Å²) in [6.07, 6.45) is 6.48. The summed E-state index contributed by atoms with van der Waals surface area (Å²) < 4.78 is 25.9. The Morgan fingerprint density at radius 2 is 0.589 bits per heavy atom. The van der Waals surface area contributed by atoms with Gasteiger partial charge in [-0.1, -0.05) is 176 Å². The number of hydrogen-bond acceptors (Lipinski definition) is 3. The van der Waals surface area contributed by atoms with Crippen LogP contribution in [-0.4, -0.2) is 0 Å². The Labute approximate surface area is 552 Å². The molecule has 0 aliphatic rings. The summed E-state index contributed by atoms with van der Waals surface area (Å²) in [7, 11) is 6.32. The highest BCUT2D eigenvalue weighted by Gasteiger charge is 2.24. The first-order valence-electron chi connectivity index (χ1n) is 32.6. The van der Waals surface area contributed by atoms with Gasteiger partial charge in [-0.2, -0.15) is 0 Å². The average Bonchev–Trinajstić information content (AvgIpc) is 1.63. The van der Waals surface area contributed by atoms with Crippen LogP contribution in [0.25, 0.3) is 165 Å². The molecule has 12 aromatic carbocycles. The summed E-state index contributed by atoms with van der Waals surface area (Å²) in [6.45, 7) is 10.9. The Bertz CT molecular complexity index is 6060. The fourth-order valence-corrected chi connectivity index (χ4v) is 14.4. The molecule has 6 heteroatoms. The molecule has 0 saturated carbocycles. The lowest BCUT2D eigenvalue weighted by atomic mass is 9.96. The molecule has 0 unspecified atom stereocenters. The summed E-state index contributed by atoms with van der Waals surface area (Å²) in [6, 6.07) is 92.6. The number of nitrogens with zero attached hydrogens (tertiary/aromatic N) is 3. The second kappa shape index (κ2) is 23.7. The van der Waals surface area contributed by atoms with Crippen LogP contribution in [0.2, 0.25) is 0 Å². The quantitative estimate of drug-likeness (QED) is 0.156.